The van der Waals surface area contributed by atoms with Crippen LogP contribution in [0.25, 0.3) is 0 Å². The van der Waals surface area contributed by atoms with Crippen LogP contribution in [0.2, 0.25) is 0 Å². The van der Waals surface area contributed by atoms with Crippen LogP contribution in [0.1, 0.15) is 28.4 Å². The van der Waals surface area contributed by atoms with E-state index >= 15 is 0 Å². The molecule has 0 aromatic heterocycles. The second kappa shape index (κ2) is 7.88. The zero-order valence-corrected chi connectivity index (χ0v) is 16.6. The van der Waals surface area contributed by atoms with Gasteiger partial charge in [0.05, 0.1) is 5.69 Å². The van der Waals surface area contributed by atoms with Crippen molar-refractivity contribution in [3.63, 3.8) is 0 Å². The van der Waals surface area contributed by atoms with E-state index in [1.54, 1.807) is 24.3 Å². The van der Waals surface area contributed by atoms with Gasteiger partial charge in [0.25, 0.3) is 5.91 Å². The smallest absolute Gasteiger partial charge is 0.303 e. The van der Waals surface area contributed by atoms with Gasteiger partial charge in [-0.15, -0.1) is 0 Å². The Bertz CT molecular complexity index is 891. The van der Waals surface area contributed by atoms with E-state index in [1.807, 2.05) is 32.0 Å². The number of rotatable bonds is 6. The Hall–Kier alpha value is -2.38. The molecule has 0 heterocycles. The normalized spacial score (nSPS) is 11.5. The molecule has 26 heavy (non-hydrogen) atoms. The maximum Gasteiger partial charge on any atom is 0.303 e. The number of nitrogens with zero attached hydrogens (tertiary/aromatic N) is 2. The lowest BCUT2D eigenvalue weighted by molar-refractivity contribution is 0.102. The van der Waals surface area contributed by atoms with E-state index in [-0.39, 0.29) is 5.91 Å². The number of amides is 1. The third-order valence-electron chi connectivity index (χ3n) is 4.28. The number of benzene rings is 2. The number of aryl methyl sites for hydroxylation is 2. The molecule has 0 spiro atoms. The Kier molecular flexibility index (Phi) is 6.05. The molecule has 0 unspecified atom stereocenters. The second-order valence-electron chi connectivity index (χ2n) is 6.22. The number of anilines is 2. The van der Waals surface area contributed by atoms with E-state index in [1.165, 1.54) is 25.4 Å². The van der Waals surface area contributed by atoms with E-state index in [4.69, 9.17) is 0 Å². The molecule has 0 fully saturated rings. The highest BCUT2D eigenvalue weighted by molar-refractivity contribution is 7.90. The molecule has 140 valence electrons. The monoisotopic (exact) mass is 375 g/mol. The molecule has 0 aliphatic rings. The van der Waals surface area contributed by atoms with Crippen molar-refractivity contribution in [1.29, 1.82) is 0 Å². The van der Waals surface area contributed by atoms with Crippen LogP contribution in [-0.2, 0) is 16.6 Å². The molecule has 7 heteroatoms. The molecular formula is C19H25N3O3S. The summed E-state index contributed by atoms with van der Waals surface area (Å²) in [5.41, 5.74) is 3.87. The summed E-state index contributed by atoms with van der Waals surface area (Å²) in [5, 5.41) is 2.96. The van der Waals surface area contributed by atoms with E-state index in [0.717, 1.165) is 27.5 Å². The summed E-state index contributed by atoms with van der Waals surface area (Å²) in [5.74, 6) is -0.223. The first kappa shape index (κ1) is 19.9. The molecule has 6 nitrogen and oxygen atoms in total. The van der Waals surface area contributed by atoms with Crippen LogP contribution in [-0.4, -0.2) is 39.8 Å². The fraction of sp³-hybridized carbons (Fsp3) is 0.316. The van der Waals surface area contributed by atoms with Crippen molar-refractivity contribution in [3.05, 3.63) is 59.2 Å². The van der Waals surface area contributed by atoms with Gasteiger partial charge in [-0.05, 0) is 48.7 Å². The van der Waals surface area contributed by atoms with Gasteiger partial charge < -0.3 is 5.32 Å². The summed E-state index contributed by atoms with van der Waals surface area (Å²) in [6.45, 7) is 4.00. The molecule has 0 saturated heterocycles. The van der Waals surface area contributed by atoms with Gasteiger partial charge >= 0.3 is 10.2 Å². The summed E-state index contributed by atoms with van der Waals surface area (Å²) in [4.78, 5) is 12.6. The van der Waals surface area contributed by atoms with Crippen LogP contribution >= 0.6 is 0 Å². The highest BCUT2D eigenvalue weighted by Crippen LogP contribution is 2.23. The zero-order chi connectivity index (χ0) is 19.5. The number of para-hydroxylation sites is 1. The fourth-order valence-corrected chi connectivity index (χ4v) is 3.47. The van der Waals surface area contributed by atoms with Crippen LogP contribution in [0.5, 0.6) is 0 Å². The lowest BCUT2D eigenvalue weighted by Crippen LogP contribution is -2.37. The maximum absolute atomic E-state index is 12.6. The summed E-state index contributed by atoms with van der Waals surface area (Å²) >= 11 is 0. The highest BCUT2D eigenvalue weighted by atomic mass is 32.2. The first-order valence-corrected chi connectivity index (χ1v) is 9.74. The van der Waals surface area contributed by atoms with Crippen molar-refractivity contribution < 1.29 is 13.2 Å². The molecule has 0 radical (unpaired) electrons. The number of carbonyl (C=O) groups is 1. The number of hydrogen-bond donors (Lipinski definition) is 1. The zero-order valence-electron chi connectivity index (χ0n) is 15.8. The number of carbonyl (C=O) groups excluding carboxylic acids is 1. The van der Waals surface area contributed by atoms with E-state index in [2.05, 4.69) is 5.32 Å². The summed E-state index contributed by atoms with van der Waals surface area (Å²) in [7, 11) is 0.864. The first-order valence-electron chi connectivity index (χ1n) is 8.34. The molecule has 1 amide bonds. The van der Waals surface area contributed by atoms with E-state index in [0.29, 0.717) is 11.3 Å². The molecule has 1 N–H and O–H groups in total. The Morgan fingerprint density at radius 1 is 1.04 bits per heavy atom. The van der Waals surface area contributed by atoms with Crippen molar-refractivity contribution >= 4 is 27.5 Å². The Labute approximate surface area is 155 Å². The molecule has 2 aromatic rings. The molecule has 0 aliphatic carbocycles. The average molecular weight is 375 g/mol. The summed E-state index contributed by atoms with van der Waals surface area (Å²) in [6, 6.07) is 12.4. The number of nitrogens with one attached hydrogen (secondary N) is 1. The van der Waals surface area contributed by atoms with Crippen LogP contribution in [0, 0.1) is 6.92 Å². The van der Waals surface area contributed by atoms with Gasteiger partial charge in [0.15, 0.2) is 0 Å². The minimum atomic E-state index is -3.56. The van der Waals surface area contributed by atoms with Crippen molar-refractivity contribution in [2.45, 2.75) is 20.3 Å². The third-order valence-corrected chi connectivity index (χ3v) is 6.11. The lowest BCUT2D eigenvalue weighted by atomic mass is 10.1. The average Bonchev–Trinajstić information content (AvgIpc) is 2.62. The van der Waals surface area contributed by atoms with Crippen molar-refractivity contribution in [3.8, 4) is 0 Å². The minimum Gasteiger partial charge on any atom is -0.321 e. The maximum atomic E-state index is 12.6. The van der Waals surface area contributed by atoms with Crippen LogP contribution in [0.15, 0.2) is 42.5 Å². The molecule has 0 bridgehead atoms. The van der Waals surface area contributed by atoms with Gasteiger partial charge in [0, 0.05) is 32.4 Å². The van der Waals surface area contributed by atoms with Gasteiger partial charge in [-0.2, -0.15) is 12.7 Å². The predicted octanol–water partition coefficient (Wildman–Crippen LogP) is 3.05. The quantitative estimate of drug-likeness (QED) is 0.844. The largest absolute Gasteiger partial charge is 0.321 e. The van der Waals surface area contributed by atoms with E-state index < -0.39 is 10.2 Å². The van der Waals surface area contributed by atoms with Crippen LogP contribution in [0.4, 0.5) is 11.4 Å². The van der Waals surface area contributed by atoms with Gasteiger partial charge in [-0.3, -0.25) is 9.10 Å². The van der Waals surface area contributed by atoms with Gasteiger partial charge in [-0.25, -0.2) is 0 Å². The lowest BCUT2D eigenvalue weighted by Gasteiger charge is -2.23. The topological polar surface area (TPSA) is 69.7 Å². The standard InChI is InChI=1S/C19H25N3O3S/c1-6-15-9-7-8-14(2)18(15)20-19(23)16-10-12-17(13-11-16)22(5)26(24,25)21(3)4/h7-13H,6H2,1-5H3,(H,20,23). The van der Waals surface area contributed by atoms with Crippen molar-refractivity contribution in [1.82, 2.24) is 4.31 Å². The second-order valence-corrected chi connectivity index (χ2v) is 8.39. The van der Waals surface area contributed by atoms with Crippen molar-refractivity contribution in [2.24, 2.45) is 0 Å². The molecule has 0 aliphatic heterocycles. The third kappa shape index (κ3) is 4.05. The molecule has 0 saturated carbocycles. The SMILES string of the molecule is CCc1cccc(C)c1NC(=O)c1ccc(N(C)S(=O)(=O)N(C)C)cc1. The summed E-state index contributed by atoms with van der Waals surface area (Å²) < 4.78 is 26.7. The first-order chi connectivity index (χ1) is 12.2. The van der Waals surface area contributed by atoms with Crippen LogP contribution in [0.3, 0.4) is 0 Å². The molecule has 2 rings (SSSR count). The van der Waals surface area contributed by atoms with Gasteiger partial charge in [-0.1, -0.05) is 25.1 Å². The van der Waals surface area contributed by atoms with Gasteiger partial charge in [0.1, 0.15) is 0 Å². The Balaban J connectivity index is 2.23. The van der Waals surface area contributed by atoms with Crippen LogP contribution < -0.4 is 9.62 Å². The summed E-state index contributed by atoms with van der Waals surface area (Å²) in [6.07, 6.45) is 0.823. The number of hydrogen-bond acceptors (Lipinski definition) is 3. The van der Waals surface area contributed by atoms with Gasteiger partial charge in [0.2, 0.25) is 0 Å². The molecule has 2 aromatic carbocycles. The predicted molar refractivity (Wildman–Crippen MR) is 106 cm³/mol. The molecular weight excluding hydrogens is 350 g/mol. The highest BCUT2D eigenvalue weighted by Gasteiger charge is 2.21. The fourth-order valence-electron chi connectivity index (χ4n) is 2.59. The molecule has 0 atom stereocenters. The minimum absolute atomic E-state index is 0.223. The Morgan fingerprint density at radius 2 is 1.65 bits per heavy atom. The van der Waals surface area contributed by atoms with Crippen molar-refractivity contribution in [2.75, 3.05) is 30.8 Å². The Morgan fingerprint density at radius 3 is 2.19 bits per heavy atom. The van der Waals surface area contributed by atoms with E-state index in [9.17, 15) is 13.2 Å².